The molecule has 0 saturated heterocycles. The Bertz CT molecular complexity index is 816. The number of aryl methyl sites for hydroxylation is 1. The molecule has 2 aromatic heterocycles. The molecule has 9 heteroatoms. The van der Waals surface area contributed by atoms with E-state index in [-0.39, 0.29) is 29.2 Å². The first kappa shape index (κ1) is 20.1. The second-order valence-corrected chi connectivity index (χ2v) is 6.43. The van der Waals surface area contributed by atoms with Crippen molar-refractivity contribution in [3.8, 4) is 0 Å². The van der Waals surface area contributed by atoms with E-state index >= 15 is 0 Å². The zero-order valence-corrected chi connectivity index (χ0v) is 15.4. The molecule has 2 heterocycles. The van der Waals surface area contributed by atoms with E-state index in [1.807, 2.05) is 13.8 Å². The predicted octanol–water partition coefficient (Wildman–Crippen LogP) is 1.71. The van der Waals surface area contributed by atoms with Crippen molar-refractivity contribution in [2.75, 3.05) is 6.54 Å². The van der Waals surface area contributed by atoms with E-state index in [2.05, 4.69) is 20.6 Å². The Labute approximate surface area is 156 Å². The highest BCUT2D eigenvalue weighted by atomic mass is 16.4. The number of carboxylic acids is 1. The summed E-state index contributed by atoms with van der Waals surface area (Å²) in [6.07, 6.45) is 3.57. The highest BCUT2D eigenvalue weighted by Crippen LogP contribution is 2.23. The number of pyridine rings is 1. The third-order valence-corrected chi connectivity index (χ3v) is 3.66. The number of carbonyl (C=O) groups is 3. The van der Waals surface area contributed by atoms with Gasteiger partial charge in [0.25, 0.3) is 11.8 Å². The molecule has 3 N–H and O–H groups in total. The molecule has 0 bridgehead atoms. The topological polar surface area (TPSA) is 134 Å². The maximum absolute atomic E-state index is 12.4. The van der Waals surface area contributed by atoms with E-state index in [0.29, 0.717) is 12.0 Å². The highest BCUT2D eigenvalue weighted by Gasteiger charge is 2.25. The van der Waals surface area contributed by atoms with Crippen LogP contribution in [0, 0.1) is 12.8 Å². The maximum atomic E-state index is 12.4. The van der Waals surface area contributed by atoms with Gasteiger partial charge in [-0.05, 0) is 31.4 Å². The van der Waals surface area contributed by atoms with E-state index in [1.54, 1.807) is 25.3 Å². The summed E-state index contributed by atoms with van der Waals surface area (Å²) in [5.41, 5.74) is 0.393. The summed E-state index contributed by atoms with van der Waals surface area (Å²) in [4.78, 5) is 43.2. The molecule has 0 aromatic carbocycles. The molecule has 0 fully saturated rings. The number of aliphatic carboxylic acids is 1. The Morgan fingerprint density at radius 2 is 2.00 bits per heavy atom. The Morgan fingerprint density at radius 1 is 1.26 bits per heavy atom. The largest absolute Gasteiger partial charge is 0.480 e. The first-order valence-electron chi connectivity index (χ1n) is 8.46. The number of aromatic nitrogens is 2. The van der Waals surface area contributed by atoms with Gasteiger partial charge in [0, 0.05) is 12.4 Å². The second-order valence-electron chi connectivity index (χ2n) is 6.43. The van der Waals surface area contributed by atoms with E-state index in [0.717, 1.165) is 0 Å². The third-order valence-electron chi connectivity index (χ3n) is 3.66. The molecule has 0 saturated carbocycles. The van der Waals surface area contributed by atoms with Crippen molar-refractivity contribution >= 4 is 17.8 Å². The van der Waals surface area contributed by atoms with Crippen LogP contribution >= 0.6 is 0 Å². The van der Waals surface area contributed by atoms with Gasteiger partial charge in [0.1, 0.15) is 18.3 Å². The van der Waals surface area contributed by atoms with Gasteiger partial charge in [-0.3, -0.25) is 19.4 Å². The molecule has 9 nitrogen and oxygen atoms in total. The van der Waals surface area contributed by atoms with Crippen LogP contribution in [0.2, 0.25) is 0 Å². The van der Waals surface area contributed by atoms with Crippen LogP contribution in [-0.2, 0) is 4.79 Å². The lowest BCUT2D eigenvalue weighted by Crippen LogP contribution is -2.31. The fraction of sp³-hybridized carbons (Fsp3) is 0.389. The molecule has 0 aliphatic carbocycles. The zero-order chi connectivity index (χ0) is 20.0. The SMILES string of the molecule is Cc1oc([C@H](CC(C)C)NC(=O)c2cccnc2)nc1C(=O)NCC(=O)O. The number of rotatable bonds is 8. The smallest absolute Gasteiger partial charge is 0.322 e. The molecule has 2 amide bonds. The minimum absolute atomic E-state index is 0.00404. The average Bonchev–Trinajstić information content (AvgIpc) is 3.01. The van der Waals surface area contributed by atoms with Crippen molar-refractivity contribution in [3.05, 3.63) is 47.4 Å². The number of carbonyl (C=O) groups excluding carboxylic acids is 2. The van der Waals surface area contributed by atoms with Crippen molar-refractivity contribution in [1.29, 1.82) is 0 Å². The molecule has 0 radical (unpaired) electrons. The van der Waals surface area contributed by atoms with Gasteiger partial charge in [-0.1, -0.05) is 13.8 Å². The van der Waals surface area contributed by atoms with Gasteiger partial charge in [-0.15, -0.1) is 0 Å². The van der Waals surface area contributed by atoms with Crippen LogP contribution in [-0.4, -0.2) is 39.4 Å². The van der Waals surface area contributed by atoms with Crippen molar-refractivity contribution in [2.45, 2.75) is 33.2 Å². The zero-order valence-electron chi connectivity index (χ0n) is 15.4. The average molecular weight is 374 g/mol. The minimum atomic E-state index is -1.16. The van der Waals surface area contributed by atoms with E-state index in [1.165, 1.54) is 6.20 Å². The highest BCUT2D eigenvalue weighted by molar-refractivity contribution is 5.95. The molecule has 1 atom stereocenters. The number of carboxylic acid groups (broad SMARTS) is 1. The molecule has 0 spiro atoms. The van der Waals surface area contributed by atoms with Crippen molar-refractivity contribution in [1.82, 2.24) is 20.6 Å². The lowest BCUT2D eigenvalue weighted by atomic mass is 10.0. The Kier molecular flexibility index (Phi) is 6.64. The molecule has 2 aromatic rings. The fourth-order valence-corrected chi connectivity index (χ4v) is 2.45. The van der Waals surface area contributed by atoms with Crippen LogP contribution in [0.5, 0.6) is 0 Å². The van der Waals surface area contributed by atoms with E-state index in [4.69, 9.17) is 9.52 Å². The molecular weight excluding hydrogens is 352 g/mol. The van der Waals surface area contributed by atoms with Crippen LogP contribution < -0.4 is 10.6 Å². The quantitative estimate of drug-likeness (QED) is 0.640. The summed E-state index contributed by atoms with van der Waals surface area (Å²) in [7, 11) is 0. The number of hydrogen-bond donors (Lipinski definition) is 3. The molecule has 0 aliphatic heterocycles. The van der Waals surface area contributed by atoms with Crippen LogP contribution in [0.25, 0.3) is 0 Å². The Morgan fingerprint density at radius 3 is 2.59 bits per heavy atom. The monoisotopic (exact) mass is 374 g/mol. The normalized spacial score (nSPS) is 11.9. The Balaban J connectivity index is 2.21. The molecular formula is C18H22N4O5. The van der Waals surface area contributed by atoms with Crippen molar-refractivity contribution in [3.63, 3.8) is 0 Å². The summed E-state index contributed by atoms with van der Waals surface area (Å²) in [5, 5.41) is 13.8. The number of amides is 2. The van der Waals surface area contributed by atoms with Gasteiger partial charge in [0.15, 0.2) is 5.69 Å². The summed E-state index contributed by atoms with van der Waals surface area (Å²) in [6, 6.07) is 2.75. The molecule has 0 unspecified atom stereocenters. The lowest BCUT2D eigenvalue weighted by molar-refractivity contribution is -0.135. The van der Waals surface area contributed by atoms with Gasteiger partial charge in [0.05, 0.1) is 5.56 Å². The van der Waals surface area contributed by atoms with E-state index in [9.17, 15) is 14.4 Å². The third kappa shape index (κ3) is 5.63. The second kappa shape index (κ2) is 8.93. The number of nitrogens with zero attached hydrogens (tertiary/aromatic N) is 2. The molecule has 144 valence electrons. The summed E-state index contributed by atoms with van der Waals surface area (Å²) < 4.78 is 5.59. The fourth-order valence-electron chi connectivity index (χ4n) is 2.45. The molecule has 27 heavy (non-hydrogen) atoms. The minimum Gasteiger partial charge on any atom is -0.480 e. The van der Waals surface area contributed by atoms with E-state index < -0.39 is 24.5 Å². The number of hydrogen-bond acceptors (Lipinski definition) is 6. The summed E-state index contributed by atoms with van der Waals surface area (Å²) in [5.74, 6) is -1.48. The Hall–Kier alpha value is -3.23. The van der Waals surface area contributed by atoms with Crippen LogP contribution in [0.1, 0.15) is 58.8 Å². The van der Waals surface area contributed by atoms with Gasteiger partial charge in [0.2, 0.25) is 5.89 Å². The van der Waals surface area contributed by atoms with Gasteiger partial charge >= 0.3 is 5.97 Å². The van der Waals surface area contributed by atoms with Gasteiger partial charge in [-0.2, -0.15) is 0 Å². The maximum Gasteiger partial charge on any atom is 0.322 e. The first-order chi connectivity index (χ1) is 12.8. The number of oxazole rings is 1. The molecule has 2 rings (SSSR count). The van der Waals surface area contributed by atoms with Crippen LogP contribution in [0.15, 0.2) is 28.9 Å². The molecule has 0 aliphatic rings. The van der Waals surface area contributed by atoms with Gasteiger partial charge in [-0.25, -0.2) is 4.98 Å². The van der Waals surface area contributed by atoms with Crippen LogP contribution in [0.4, 0.5) is 0 Å². The number of nitrogens with one attached hydrogen (secondary N) is 2. The lowest BCUT2D eigenvalue weighted by Gasteiger charge is -2.17. The first-order valence-corrected chi connectivity index (χ1v) is 8.46. The van der Waals surface area contributed by atoms with Crippen LogP contribution in [0.3, 0.4) is 0 Å². The summed E-state index contributed by atoms with van der Waals surface area (Å²) in [6.45, 7) is 5.01. The summed E-state index contributed by atoms with van der Waals surface area (Å²) >= 11 is 0. The standard InChI is InChI=1S/C18H22N4O5/c1-10(2)7-13(21-16(25)12-5-4-6-19-8-12)18-22-15(11(3)27-18)17(26)20-9-14(23)24/h4-6,8,10,13H,7,9H2,1-3H3,(H,20,26)(H,21,25)(H,23,24)/t13-/m0/s1. The van der Waals surface area contributed by atoms with Crippen molar-refractivity contribution in [2.24, 2.45) is 5.92 Å². The van der Waals surface area contributed by atoms with Crippen molar-refractivity contribution < 1.29 is 23.9 Å². The predicted molar refractivity (Wildman–Crippen MR) is 95.1 cm³/mol. The van der Waals surface area contributed by atoms with Gasteiger partial charge < -0.3 is 20.2 Å².